The number of phenolic OH excluding ortho intramolecular Hbond substituents is 1. The maximum atomic E-state index is 9.83. The topological polar surface area (TPSA) is 62.0 Å². The van der Waals surface area contributed by atoms with Crippen LogP contribution in [0.1, 0.15) is 0 Å². The third-order valence-corrected chi connectivity index (χ3v) is 3.32. The van der Waals surface area contributed by atoms with Crippen LogP contribution in [0.4, 0.5) is 5.69 Å². The number of aromatic hydroxyl groups is 1. The van der Waals surface area contributed by atoms with Gasteiger partial charge in [0, 0.05) is 10.8 Å². The van der Waals surface area contributed by atoms with Gasteiger partial charge in [0.05, 0.1) is 21.2 Å². The second-order valence-corrected chi connectivity index (χ2v) is 4.33. The highest BCUT2D eigenvalue weighted by Gasteiger charge is 2.06. The van der Waals surface area contributed by atoms with E-state index >= 15 is 0 Å². The summed E-state index contributed by atoms with van der Waals surface area (Å²) in [5, 5.41) is 11.6. The van der Waals surface area contributed by atoms with Crippen molar-refractivity contribution in [2.45, 2.75) is 0 Å². The lowest BCUT2D eigenvalue weighted by Gasteiger charge is -2.07. The molecule has 1 aromatic heterocycles. The Bertz CT molecular complexity index is 729. The van der Waals surface area contributed by atoms with Gasteiger partial charge in [-0.05, 0) is 12.1 Å². The molecule has 0 aliphatic heterocycles. The number of hydrogen-bond acceptors (Lipinski definition) is 3. The molecule has 3 rings (SSSR count). The van der Waals surface area contributed by atoms with Crippen LogP contribution in [0.25, 0.3) is 21.8 Å². The Balaban J connectivity index is 2.68. The van der Waals surface area contributed by atoms with E-state index in [0.29, 0.717) is 15.7 Å². The van der Waals surface area contributed by atoms with Gasteiger partial charge in [0.15, 0.2) is 0 Å². The molecule has 1 heterocycles. The molecule has 0 aliphatic rings. The van der Waals surface area contributed by atoms with E-state index < -0.39 is 0 Å². The van der Waals surface area contributed by atoms with Crippen molar-refractivity contribution in [2.75, 3.05) is 5.73 Å². The molecule has 3 nitrogen and oxygen atoms in total. The quantitative estimate of drug-likeness (QED) is 0.322. The summed E-state index contributed by atoms with van der Waals surface area (Å²) < 4.78 is 0.706. The van der Waals surface area contributed by atoms with E-state index in [4.69, 9.17) is 18.0 Å². The number of para-hydroxylation sites is 2. The van der Waals surface area contributed by atoms with Crippen LogP contribution in [-0.4, -0.2) is 10.1 Å². The SMILES string of the molecule is Nc1cccc2c(=S)c3cccc(O)c3[nH]c12. The summed E-state index contributed by atoms with van der Waals surface area (Å²) in [7, 11) is 0. The van der Waals surface area contributed by atoms with Gasteiger partial charge in [0.25, 0.3) is 0 Å². The Morgan fingerprint density at radius 2 is 1.65 bits per heavy atom. The first-order valence-electron chi connectivity index (χ1n) is 5.20. The lowest BCUT2D eigenvalue weighted by atomic mass is 10.1. The van der Waals surface area contributed by atoms with Crippen molar-refractivity contribution in [3.05, 3.63) is 40.9 Å². The highest BCUT2D eigenvalue weighted by Crippen LogP contribution is 2.29. The lowest BCUT2D eigenvalue weighted by Crippen LogP contribution is -1.91. The Morgan fingerprint density at radius 3 is 2.41 bits per heavy atom. The van der Waals surface area contributed by atoms with Crippen molar-refractivity contribution < 1.29 is 5.11 Å². The highest BCUT2D eigenvalue weighted by molar-refractivity contribution is 7.72. The molecular weight excluding hydrogens is 232 g/mol. The third kappa shape index (κ3) is 1.38. The Labute approximate surface area is 103 Å². The van der Waals surface area contributed by atoms with Crippen LogP contribution in [-0.2, 0) is 0 Å². The fourth-order valence-corrected chi connectivity index (χ4v) is 2.37. The number of hydrogen-bond donors (Lipinski definition) is 3. The number of benzene rings is 2. The average molecular weight is 242 g/mol. The van der Waals surface area contributed by atoms with Crippen LogP contribution < -0.4 is 5.73 Å². The Kier molecular flexibility index (Phi) is 2.06. The number of pyridine rings is 1. The molecule has 17 heavy (non-hydrogen) atoms. The Morgan fingerprint density at radius 1 is 1.00 bits per heavy atom. The molecule has 4 N–H and O–H groups in total. The van der Waals surface area contributed by atoms with Crippen molar-refractivity contribution in [2.24, 2.45) is 0 Å². The van der Waals surface area contributed by atoms with Gasteiger partial charge in [-0.1, -0.05) is 36.5 Å². The normalized spacial score (nSPS) is 11.1. The molecule has 2 aromatic carbocycles. The zero-order valence-electron chi connectivity index (χ0n) is 8.90. The molecular formula is C13H10N2OS. The fraction of sp³-hybridized carbons (Fsp3) is 0. The van der Waals surface area contributed by atoms with Gasteiger partial charge in [0.1, 0.15) is 5.75 Å². The number of anilines is 1. The zero-order chi connectivity index (χ0) is 12.0. The van der Waals surface area contributed by atoms with E-state index in [1.54, 1.807) is 18.2 Å². The van der Waals surface area contributed by atoms with Crippen LogP contribution in [0.3, 0.4) is 0 Å². The van der Waals surface area contributed by atoms with E-state index in [0.717, 1.165) is 16.3 Å². The largest absolute Gasteiger partial charge is 0.506 e. The van der Waals surface area contributed by atoms with E-state index in [-0.39, 0.29) is 5.75 Å². The summed E-state index contributed by atoms with van der Waals surface area (Å²) in [6.45, 7) is 0. The molecule has 0 saturated heterocycles. The van der Waals surface area contributed by atoms with E-state index in [2.05, 4.69) is 4.98 Å². The molecule has 0 bridgehead atoms. The first kappa shape index (κ1) is 10.1. The number of aromatic amines is 1. The number of nitrogen functional groups attached to an aromatic ring is 1. The van der Waals surface area contributed by atoms with Crippen molar-refractivity contribution in [1.29, 1.82) is 0 Å². The minimum Gasteiger partial charge on any atom is -0.506 e. The van der Waals surface area contributed by atoms with Gasteiger partial charge >= 0.3 is 0 Å². The van der Waals surface area contributed by atoms with Gasteiger partial charge in [-0.25, -0.2) is 0 Å². The summed E-state index contributed by atoms with van der Waals surface area (Å²) in [5.74, 6) is 0.179. The molecule has 0 saturated carbocycles. The minimum atomic E-state index is 0.179. The molecule has 0 amide bonds. The second kappa shape index (κ2) is 3.46. The smallest absolute Gasteiger partial charge is 0.139 e. The summed E-state index contributed by atoms with van der Waals surface area (Å²) in [4.78, 5) is 3.14. The maximum Gasteiger partial charge on any atom is 0.139 e. The van der Waals surface area contributed by atoms with Gasteiger partial charge in [-0.15, -0.1) is 0 Å². The van der Waals surface area contributed by atoms with Crippen LogP contribution >= 0.6 is 12.2 Å². The highest BCUT2D eigenvalue weighted by atomic mass is 32.1. The molecule has 0 aliphatic carbocycles. The summed E-state index contributed by atoms with van der Waals surface area (Å²) in [6.07, 6.45) is 0. The van der Waals surface area contributed by atoms with Gasteiger partial charge in [0.2, 0.25) is 0 Å². The van der Waals surface area contributed by atoms with Crippen molar-refractivity contribution >= 4 is 39.7 Å². The molecule has 0 unspecified atom stereocenters. The number of phenols is 1. The molecule has 0 fully saturated rings. The van der Waals surface area contributed by atoms with Crippen LogP contribution in [0.15, 0.2) is 36.4 Å². The standard InChI is InChI=1S/C13H10N2OS/c14-9-5-1-3-7-11(9)15-12-8(13(7)17)4-2-6-10(12)16/h1-6,16H,14H2,(H,15,17). The number of nitrogens with one attached hydrogen (secondary N) is 1. The predicted octanol–water partition coefficient (Wildman–Crippen LogP) is 3.34. The molecule has 0 spiro atoms. The lowest BCUT2D eigenvalue weighted by molar-refractivity contribution is 0.480. The second-order valence-electron chi connectivity index (χ2n) is 3.92. The van der Waals surface area contributed by atoms with Crippen molar-refractivity contribution in [3.63, 3.8) is 0 Å². The molecule has 84 valence electrons. The summed E-state index contributed by atoms with van der Waals surface area (Å²) in [5.41, 5.74) is 7.93. The van der Waals surface area contributed by atoms with E-state index in [1.807, 2.05) is 18.2 Å². The molecule has 4 heteroatoms. The maximum absolute atomic E-state index is 9.83. The monoisotopic (exact) mass is 242 g/mol. The molecule has 3 aromatic rings. The number of fused-ring (bicyclic) bond motifs is 2. The number of aromatic nitrogens is 1. The number of rotatable bonds is 0. The summed E-state index contributed by atoms with van der Waals surface area (Å²) in [6, 6.07) is 10.9. The first-order chi connectivity index (χ1) is 8.18. The number of nitrogens with two attached hydrogens (primary N) is 1. The van der Waals surface area contributed by atoms with E-state index in [9.17, 15) is 5.11 Å². The predicted molar refractivity (Wildman–Crippen MR) is 72.7 cm³/mol. The van der Waals surface area contributed by atoms with Crippen LogP contribution in [0, 0.1) is 4.51 Å². The zero-order valence-corrected chi connectivity index (χ0v) is 9.71. The molecule has 0 radical (unpaired) electrons. The number of H-pyrrole nitrogens is 1. The van der Waals surface area contributed by atoms with Crippen molar-refractivity contribution in [3.8, 4) is 5.75 Å². The third-order valence-electron chi connectivity index (χ3n) is 2.88. The molecule has 0 atom stereocenters. The summed E-state index contributed by atoms with van der Waals surface area (Å²) >= 11 is 5.43. The fourth-order valence-electron chi connectivity index (χ4n) is 2.03. The van der Waals surface area contributed by atoms with Gasteiger partial charge in [-0.3, -0.25) is 0 Å². The van der Waals surface area contributed by atoms with E-state index in [1.165, 1.54) is 0 Å². The van der Waals surface area contributed by atoms with Gasteiger partial charge < -0.3 is 15.8 Å². The van der Waals surface area contributed by atoms with Crippen molar-refractivity contribution in [1.82, 2.24) is 4.98 Å². The minimum absolute atomic E-state index is 0.179. The average Bonchev–Trinajstić information content (AvgIpc) is 2.32. The van der Waals surface area contributed by atoms with Gasteiger partial charge in [-0.2, -0.15) is 0 Å². The van der Waals surface area contributed by atoms with Crippen LogP contribution in [0.5, 0.6) is 5.75 Å². The Hall–Kier alpha value is -2.07. The first-order valence-corrected chi connectivity index (χ1v) is 5.61. The van der Waals surface area contributed by atoms with Crippen LogP contribution in [0.2, 0.25) is 0 Å².